The summed E-state index contributed by atoms with van der Waals surface area (Å²) in [6, 6.07) is 3.42. The summed E-state index contributed by atoms with van der Waals surface area (Å²) in [6.07, 6.45) is 2.61. The molecule has 130 valence electrons. The SMILES string of the molecule is Cc1cc(C)c(S(=O)(=O)NC(=O)C2CC3CCC(C2)C3=O)cc1C. The first-order valence-corrected chi connectivity index (χ1v) is 9.85. The highest BCUT2D eigenvalue weighted by atomic mass is 32.2. The Morgan fingerprint density at radius 2 is 1.54 bits per heavy atom. The van der Waals surface area contributed by atoms with Crippen LogP contribution >= 0.6 is 0 Å². The predicted octanol–water partition coefficient (Wildman–Crippen LogP) is 2.42. The van der Waals surface area contributed by atoms with Crippen molar-refractivity contribution in [3.63, 3.8) is 0 Å². The normalized spacial score (nSPS) is 26.5. The molecule has 1 aromatic rings. The molecule has 0 saturated heterocycles. The average Bonchev–Trinajstić information content (AvgIpc) is 2.72. The number of carbonyl (C=O) groups is 2. The van der Waals surface area contributed by atoms with Gasteiger partial charge in [0.1, 0.15) is 5.78 Å². The highest BCUT2D eigenvalue weighted by Gasteiger charge is 2.44. The van der Waals surface area contributed by atoms with Gasteiger partial charge in [-0.3, -0.25) is 9.59 Å². The van der Waals surface area contributed by atoms with E-state index in [1.54, 1.807) is 13.0 Å². The van der Waals surface area contributed by atoms with E-state index < -0.39 is 15.9 Å². The van der Waals surface area contributed by atoms with Crippen LogP contribution in [-0.2, 0) is 19.6 Å². The van der Waals surface area contributed by atoms with E-state index in [0.717, 1.165) is 24.0 Å². The molecule has 0 aromatic heterocycles. The number of fused-ring (bicyclic) bond motifs is 2. The average molecular weight is 349 g/mol. The van der Waals surface area contributed by atoms with Gasteiger partial charge in [0.05, 0.1) is 4.90 Å². The number of ketones is 1. The van der Waals surface area contributed by atoms with Gasteiger partial charge in [0.2, 0.25) is 5.91 Å². The van der Waals surface area contributed by atoms with Crippen molar-refractivity contribution in [2.24, 2.45) is 17.8 Å². The number of carbonyl (C=O) groups excluding carboxylic acids is 2. The molecule has 2 bridgehead atoms. The van der Waals surface area contributed by atoms with Crippen LogP contribution in [0.5, 0.6) is 0 Å². The molecular formula is C18H23NO4S. The molecule has 0 aliphatic heterocycles. The van der Waals surface area contributed by atoms with Crippen molar-refractivity contribution in [1.29, 1.82) is 0 Å². The van der Waals surface area contributed by atoms with Gasteiger partial charge in [-0.05, 0) is 69.2 Å². The lowest BCUT2D eigenvalue weighted by Gasteiger charge is -2.25. The van der Waals surface area contributed by atoms with Crippen molar-refractivity contribution in [1.82, 2.24) is 4.72 Å². The van der Waals surface area contributed by atoms with E-state index in [1.165, 1.54) is 0 Å². The van der Waals surface area contributed by atoms with Gasteiger partial charge >= 0.3 is 0 Å². The smallest absolute Gasteiger partial charge is 0.264 e. The van der Waals surface area contributed by atoms with Crippen LogP contribution in [0.1, 0.15) is 42.4 Å². The number of hydrogen-bond acceptors (Lipinski definition) is 4. The number of aryl methyl sites for hydroxylation is 3. The summed E-state index contributed by atoms with van der Waals surface area (Å²) in [7, 11) is -3.89. The molecular weight excluding hydrogens is 326 g/mol. The lowest BCUT2D eigenvalue weighted by molar-refractivity contribution is -0.131. The van der Waals surface area contributed by atoms with Gasteiger partial charge in [-0.25, -0.2) is 13.1 Å². The maximum absolute atomic E-state index is 12.6. The first-order chi connectivity index (χ1) is 11.2. The fraction of sp³-hybridized carbons (Fsp3) is 0.556. The van der Waals surface area contributed by atoms with Gasteiger partial charge in [-0.15, -0.1) is 0 Å². The third-order valence-corrected chi connectivity index (χ3v) is 6.98. The molecule has 1 N–H and O–H groups in total. The minimum atomic E-state index is -3.89. The van der Waals surface area contributed by atoms with Crippen LogP contribution in [0.2, 0.25) is 0 Å². The summed E-state index contributed by atoms with van der Waals surface area (Å²) in [5.41, 5.74) is 2.51. The van der Waals surface area contributed by atoms with Crippen molar-refractivity contribution in [2.45, 2.75) is 51.3 Å². The topological polar surface area (TPSA) is 80.3 Å². The molecule has 2 atom stereocenters. The van der Waals surface area contributed by atoms with Crippen LogP contribution in [-0.4, -0.2) is 20.1 Å². The fourth-order valence-electron chi connectivity index (χ4n) is 3.98. The zero-order valence-electron chi connectivity index (χ0n) is 14.3. The van der Waals surface area contributed by atoms with Gasteiger partial charge < -0.3 is 0 Å². The lowest BCUT2D eigenvalue weighted by atomic mass is 9.80. The Kier molecular flexibility index (Phi) is 4.28. The Morgan fingerprint density at radius 3 is 2.12 bits per heavy atom. The molecule has 2 aliphatic carbocycles. The van der Waals surface area contributed by atoms with E-state index in [0.29, 0.717) is 18.4 Å². The third-order valence-electron chi connectivity index (χ3n) is 5.49. The zero-order valence-corrected chi connectivity index (χ0v) is 15.1. The first-order valence-electron chi connectivity index (χ1n) is 8.37. The van der Waals surface area contributed by atoms with Gasteiger partial charge in [-0.2, -0.15) is 0 Å². The number of amides is 1. The summed E-state index contributed by atoms with van der Waals surface area (Å²) in [4.78, 5) is 24.5. The molecule has 1 amide bonds. The van der Waals surface area contributed by atoms with Gasteiger partial charge in [0, 0.05) is 17.8 Å². The van der Waals surface area contributed by atoms with Gasteiger partial charge in [-0.1, -0.05) is 6.07 Å². The zero-order chi connectivity index (χ0) is 17.6. The number of rotatable bonds is 3. The van der Waals surface area contributed by atoms with E-state index in [4.69, 9.17) is 0 Å². The number of sulfonamides is 1. The molecule has 0 radical (unpaired) electrons. The lowest BCUT2D eigenvalue weighted by Crippen LogP contribution is -2.40. The van der Waals surface area contributed by atoms with Gasteiger partial charge in [0.25, 0.3) is 10.0 Å². The standard InChI is InChI=1S/C18H23NO4S/c1-10-6-12(3)16(7-11(10)2)24(22,23)19-18(21)15-8-13-4-5-14(9-15)17(13)20/h6-7,13-15H,4-5,8-9H2,1-3H3,(H,19,21). The number of Topliss-reactive ketones (excluding diaryl/α,β-unsaturated/α-hetero) is 1. The fourth-order valence-corrected chi connectivity index (χ4v) is 5.34. The van der Waals surface area contributed by atoms with Crippen molar-refractivity contribution in [3.05, 3.63) is 28.8 Å². The Labute approximate surface area is 142 Å². The number of nitrogens with one attached hydrogen (secondary N) is 1. The summed E-state index contributed by atoms with van der Waals surface area (Å²) in [5, 5.41) is 0. The third kappa shape index (κ3) is 2.99. The quantitative estimate of drug-likeness (QED) is 0.909. The van der Waals surface area contributed by atoms with Crippen molar-refractivity contribution in [3.8, 4) is 0 Å². The largest absolute Gasteiger partial charge is 0.299 e. The van der Waals surface area contributed by atoms with Crippen LogP contribution < -0.4 is 4.72 Å². The van der Waals surface area contributed by atoms with Crippen LogP contribution in [0.25, 0.3) is 0 Å². The Hall–Kier alpha value is -1.69. The Bertz CT molecular complexity index is 797. The highest BCUT2D eigenvalue weighted by molar-refractivity contribution is 7.90. The van der Waals surface area contributed by atoms with E-state index in [1.807, 2.05) is 19.9 Å². The Balaban J connectivity index is 1.79. The van der Waals surface area contributed by atoms with Crippen molar-refractivity contribution < 1.29 is 18.0 Å². The first kappa shape index (κ1) is 17.1. The van der Waals surface area contributed by atoms with E-state index >= 15 is 0 Å². The molecule has 2 unspecified atom stereocenters. The Morgan fingerprint density at radius 1 is 1.00 bits per heavy atom. The summed E-state index contributed by atoms with van der Waals surface area (Å²) >= 11 is 0. The van der Waals surface area contributed by atoms with Crippen LogP contribution in [0, 0.1) is 38.5 Å². The molecule has 24 heavy (non-hydrogen) atoms. The molecule has 5 nitrogen and oxygen atoms in total. The van der Waals surface area contributed by atoms with E-state index in [9.17, 15) is 18.0 Å². The second-order valence-electron chi connectivity index (χ2n) is 7.21. The predicted molar refractivity (Wildman–Crippen MR) is 89.9 cm³/mol. The number of hydrogen-bond donors (Lipinski definition) is 1. The van der Waals surface area contributed by atoms with E-state index in [-0.39, 0.29) is 28.4 Å². The molecule has 2 fully saturated rings. The minimum Gasteiger partial charge on any atom is -0.299 e. The summed E-state index contributed by atoms with van der Waals surface area (Å²) in [5.74, 6) is -0.734. The van der Waals surface area contributed by atoms with E-state index in [2.05, 4.69) is 4.72 Å². The van der Waals surface area contributed by atoms with Gasteiger partial charge in [0.15, 0.2) is 0 Å². The highest BCUT2D eigenvalue weighted by Crippen LogP contribution is 2.42. The van der Waals surface area contributed by atoms with Crippen molar-refractivity contribution >= 4 is 21.7 Å². The maximum atomic E-state index is 12.6. The minimum absolute atomic E-state index is 0.0643. The molecule has 0 spiro atoms. The monoisotopic (exact) mass is 349 g/mol. The molecule has 6 heteroatoms. The van der Waals surface area contributed by atoms with Crippen LogP contribution in [0.4, 0.5) is 0 Å². The van der Waals surface area contributed by atoms with Crippen LogP contribution in [0.3, 0.4) is 0 Å². The summed E-state index contributed by atoms with van der Waals surface area (Å²) in [6.45, 7) is 5.50. The molecule has 2 aliphatic rings. The molecule has 1 aromatic carbocycles. The number of benzene rings is 1. The molecule has 2 saturated carbocycles. The second-order valence-corrected chi connectivity index (χ2v) is 8.86. The maximum Gasteiger partial charge on any atom is 0.264 e. The molecule has 3 rings (SSSR count). The molecule has 0 heterocycles. The second kappa shape index (κ2) is 5.99. The van der Waals surface area contributed by atoms with Crippen molar-refractivity contribution in [2.75, 3.05) is 0 Å². The van der Waals surface area contributed by atoms with Crippen LogP contribution in [0.15, 0.2) is 17.0 Å². The summed E-state index contributed by atoms with van der Waals surface area (Å²) < 4.78 is 27.5.